The van der Waals surface area contributed by atoms with Gasteiger partial charge in [0.25, 0.3) is 0 Å². The Morgan fingerprint density at radius 1 is 1.42 bits per heavy atom. The summed E-state index contributed by atoms with van der Waals surface area (Å²) in [6, 6.07) is 5.42. The molecule has 1 aromatic carbocycles. The van der Waals surface area contributed by atoms with Gasteiger partial charge in [0.15, 0.2) is 0 Å². The Labute approximate surface area is 128 Å². The van der Waals surface area contributed by atoms with E-state index in [1.165, 1.54) is 17.8 Å². The molecule has 2 nitrogen and oxygen atoms in total. The molecule has 0 aliphatic rings. The Kier molecular flexibility index (Phi) is 7.36. The van der Waals surface area contributed by atoms with Crippen molar-refractivity contribution in [3.63, 3.8) is 0 Å². The van der Waals surface area contributed by atoms with Crippen LogP contribution in [0.1, 0.15) is 19.4 Å². The second kappa shape index (κ2) is 8.51. The van der Waals surface area contributed by atoms with Crippen molar-refractivity contribution in [2.75, 3.05) is 6.54 Å². The van der Waals surface area contributed by atoms with E-state index in [1.54, 1.807) is 11.5 Å². The molecular formula is C14H17Cl2NOS. The topological polar surface area (TPSA) is 29.1 Å². The average molecular weight is 318 g/mol. The summed E-state index contributed by atoms with van der Waals surface area (Å²) in [6.07, 6.45) is 1.54. The van der Waals surface area contributed by atoms with Gasteiger partial charge in [-0.3, -0.25) is 4.79 Å². The molecule has 0 aliphatic heterocycles. The van der Waals surface area contributed by atoms with E-state index in [4.69, 9.17) is 23.2 Å². The number of carbonyl (C=O) groups excluding carboxylic acids is 1. The highest BCUT2D eigenvalue weighted by Crippen LogP contribution is 2.24. The zero-order valence-electron chi connectivity index (χ0n) is 11.0. The van der Waals surface area contributed by atoms with E-state index < -0.39 is 0 Å². The van der Waals surface area contributed by atoms with Crippen molar-refractivity contribution in [3.05, 3.63) is 45.3 Å². The number of hydrogen-bond acceptors (Lipinski definition) is 2. The molecular weight excluding hydrogens is 301 g/mol. The van der Waals surface area contributed by atoms with E-state index in [1.807, 2.05) is 12.1 Å². The lowest BCUT2D eigenvalue weighted by Crippen LogP contribution is -2.25. The fourth-order valence-electron chi connectivity index (χ4n) is 1.25. The third-order valence-corrected chi connectivity index (χ3v) is 3.65. The van der Waals surface area contributed by atoms with Crippen LogP contribution in [-0.4, -0.2) is 12.5 Å². The average Bonchev–Trinajstić information content (AvgIpc) is 2.34. The van der Waals surface area contributed by atoms with Crippen LogP contribution in [0, 0.1) is 5.92 Å². The van der Waals surface area contributed by atoms with Crippen molar-refractivity contribution in [2.24, 2.45) is 5.92 Å². The molecule has 0 heterocycles. The molecule has 0 unspecified atom stereocenters. The SMILES string of the molecule is CC(C)CNC(=O)/C=C\SCc1ccc(Cl)cc1Cl. The molecule has 0 aliphatic carbocycles. The standard InChI is InChI=1S/C14H17Cl2NOS/c1-10(2)8-17-14(18)5-6-19-9-11-3-4-12(15)7-13(11)16/h3-7,10H,8-9H2,1-2H3,(H,17,18)/b6-5-. The van der Waals surface area contributed by atoms with E-state index in [0.717, 1.165) is 5.56 Å². The van der Waals surface area contributed by atoms with Gasteiger partial charge in [0.05, 0.1) is 0 Å². The minimum Gasteiger partial charge on any atom is -0.352 e. The molecule has 1 rings (SSSR count). The van der Waals surface area contributed by atoms with Gasteiger partial charge in [-0.05, 0) is 29.0 Å². The first kappa shape index (κ1) is 16.4. The van der Waals surface area contributed by atoms with Gasteiger partial charge in [-0.15, -0.1) is 11.8 Å². The van der Waals surface area contributed by atoms with Gasteiger partial charge >= 0.3 is 0 Å². The van der Waals surface area contributed by atoms with Gasteiger partial charge in [-0.2, -0.15) is 0 Å². The Morgan fingerprint density at radius 3 is 2.79 bits per heavy atom. The van der Waals surface area contributed by atoms with Crippen molar-refractivity contribution in [1.29, 1.82) is 0 Å². The minimum atomic E-state index is -0.0663. The zero-order chi connectivity index (χ0) is 14.3. The highest BCUT2D eigenvalue weighted by Gasteiger charge is 2.01. The number of thioether (sulfide) groups is 1. The number of hydrogen-bond donors (Lipinski definition) is 1. The van der Waals surface area contributed by atoms with Crippen molar-refractivity contribution in [1.82, 2.24) is 5.32 Å². The van der Waals surface area contributed by atoms with Crippen LogP contribution >= 0.6 is 35.0 Å². The van der Waals surface area contributed by atoms with Gasteiger partial charge in [0.2, 0.25) is 5.91 Å². The molecule has 104 valence electrons. The molecule has 0 atom stereocenters. The smallest absolute Gasteiger partial charge is 0.244 e. The molecule has 0 fully saturated rings. The van der Waals surface area contributed by atoms with Crippen LogP contribution in [0.15, 0.2) is 29.7 Å². The Morgan fingerprint density at radius 2 is 2.16 bits per heavy atom. The van der Waals surface area contributed by atoms with Gasteiger partial charge < -0.3 is 5.32 Å². The van der Waals surface area contributed by atoms with Crippen LogP contribution in [0.25, 0.3) is 0 Å². The third-order valence-electron chi connectivity index (χ3n) is 2.25. The molecule has 1 aromatic rings. The summed E-state index contributed by atoms with van der Waals surface area (Å²) in [5.74, 6) is 1.10. The van der Waals surface area contributed by atoms with E-state index in [2.05, 4.69) is 19.2 Å². The first-order valence-electron chi connectivity index (χ1n) is 5.99. The molecule has 1 N–H and O–H groups in total. The molecule has 0 bridgehead atoms. The quantitative estimate of drug-likeness (QED) is 0.782. The second-order valence-electron chi connectivity index (χ2n) is 4.49. The fraction of sp³-hybridized carbons (Fsp3) is 0.357. The molecule has 0 saturated heterocycles. The molecule has 0 radical (unpaired) electrons. The molecule has 0 aromatic heterocycles. The predicted octanol–water partition coefficient (Wildman–Crippen LogP) is 4.51. The Hall–Kier alpha value is -0.640. The maximum atomic E-state index is 11.4. The summed E-state index contributed by atoms with van der Waals surface area (Å²) in [6.45, 7) is 4.80. The second-order valence-corrected chi connectivity index (χ2v) is 6.23. The predicted molar refractivity (Wildman–Crippen MR) is 84.7 cm³/mol. The largest absolute Gasteiger partial charge is 0.352 e. The first-order chi connectivity index (χ1) is 8.99. The summed E-state index contributed by atoms with van der Waals surface area (Å²) >= 11 is 13.4. The van der Waals surface area contributed by atoms with Gasteiger partial charge in [0, 0.05) is 28.4 Å². The van der Waals surface area contributed by atoms with Crippen LogP contribution in [0.2, 0.25) is 10.0 Å². The molecule has 0 saturated carbocycles. The number of rotatable bonds is 6. The van der Waals surface area contributed by atoms with Gasteiger partial charge in [-0.25, -0.2) is 0 Å². The lowest BCUT2D eigenvalue weighted by Gasteiger charge is -2.04. The first-order valence-corrected chi connectivity index (χ1v) is 7.79. The van der Waals surface area contributed by atoms with E-state index in [0.29, 0.717) is 28.3 Å². The lowest BCUT2D eigenvalue weighted by molar-refractivity contribution is -0.116. The maximum Gasteiger partial charge on any atom is 0.244 e. The summed E-state index contributed by atoms with van der Waals surface area (Å²) in [5.41, 5.74) is 1.00. The van der Waals surface area contributed by atoms with Crippen LogP contribution in [0.4, 0.5) is 0 Å². The van der Waals surface area contributed by atoms with Crippen molar-refractivity contribution >= 4 is 40.9 Å². The summed E-state index contributed by atoms with van der Waals surface area (Å²) < 4.78 is 0. The normalized spacial score (nSPS) is 11.2. The van der Waals surface area contributed by atoms with Crippen LogP contribution in [0.3, 0.4) is 0 Å². The zero-order valence-corrected chi connectivity index (χ0v) is 13.3. The summed E-state index contributed by atoms with van der Waals surface area (Å²) in [7, 11) is 0. The Bertz CT molecular complexity index is 461. The molecule has 0 spiro atoms. The maximum absolute atomic E-state index is 11.4. The number of halogens is 2. The third kappa shape index (κ3) is 6.90. The number of carbonyl (C=O) groups is 1. The van der Waals surface area contributed by atoms with Crippen molar-refractivity contribution in [3.8, 4) is 0 Å². The fourth-order valence-corrected chi connectivity index (χ4v) is 2.55. The highest BCUT2D eigenvalue weighted by molar-refractivity contribution is 8.01. The number of nitrogens with one attached hydrogen (secondary N) is 1. The number of amides is 1. The lowest BCUT2D eigenvalue weighted by atomic mass is 10.2. The van der Waals surface area contributed by atoms with Crippen molar-refractivity contribution < 1.29 is 4.79 Å². The van der Waals surface area contributed by atoms with E-state index >= 15 is 0 Å². The summed E-state index contributed by atoms with van der Waals surface area (Å²) in [5, 5.41) is 5.87. The van der Waals surface area contributed by atoms with Crippen LogP contribution in [-0.2, 0) is 10.5 Å². The van der Waals surface area contributed by atoms with Crippen molar-refractivity contribution in [2.45, 2.75) is 19.6 Å². The Balaban J connectivity index is 2.35. The van der Waals surface area contributed by atoms with Gasteiger partial charge in [0.1, 0.15) is 0 Å². The molecule has 5 heteroatoms. The molecule has 19 heavy (non-hydrogen) atoms. The van der Waals surface area contributed by atoms with E-state index in [-0.39, 0.29) is 5.91 Å². The van der Waals surface area contributed by atoms with E-state index in [9.17, 15) is 4.79 Å². The van der Waals surface area contributed by atoms with Crippen LogP contribution in [0.5, 0.6) is 0 Å². The highest BCUT2D eigenvalue weighted by atomic mass is 35.5. The van der Waals surface area contributed by atoms with Crippen LogP contribution < -0.4 is 5.32 Å². The number of benzene rings is 1. The monoisotopic (exact) mass is 317 g/mol. The minimum absolute atomic E-state index is 0.0663. The van der Waals surface area contributed by atoms with Gasteiger partial charge in [-0.1, -0.05) is 43.1 Å². The summed E-state index contributed by atoms with van der Waals surface area (Å²) in [4.78, 5) is 11.4. The molecule has 1 amide bonds.